The van der Waals surface area contributed by atoms with Gasteiger partial charge >= 0.3 is 0 Å². The van der Waals surface area contributed by atoms with Crippen LogP contribution in [0.25, 0.3) is 11.0 Å². The van der Waals surface area contributed by atoms with E-state index in [9.17, 15) is 18.0 Å². The van der Waals surface area contributed by atoms with Gasteiger partial charge in [0.1, 0.15) is 34.1 Å². The molecule has 3 rings (SSSR count). The maximum Gasteiger partial charge on any atom is 0.273 e. The summed E-state index contributed by atoms with van der Waals surface area (Å²) in [7, 11) is -3.89. The molecule has 0 saturated carbocycles. The summed E-state index contributed by atoms with van der Waals surface area (Å²) in [6, 6.07) is 13.5. The Labute approximate surface area is 158 Å². The van der Waals surface area contributed by atoms with E-state index in [2.05, 4.69) is 0 Å². The number of carbonyl (C=O) groups excluding carboxylic acids is 1. The van der Waals surface area contributed by atoms with E-state index in [1.165, 1.54) is 12.1 Å². The Morgan fingerprint density at radius 2 is 1.85 bits per heavy atom. The Morgan fingerprint density at radius 1 is 1.11 bits per heavy atom. The van der Waals surface area contributed by atoms with Gasteiger partial charge in [0.25, 0.3) is 5.91 Å². The van der Waals surface area contributed by atoms with Gasteiger partial charge in [0.2, 0.25) is 15.5 Å². The summed E-state index contributed by atoms with van der Waals surface area (Å²) in [5, 5.41) is -0.643. The predicted molar refractivity (Wildman–Crippen MR) is 99.2 cm³/mol. The molecule has 3 aromatic rings. The topological polar surface area (TPSA) is 115 Å². The lowest BCUT2D eigenvalue weighted by molar-refractivity contribution is 0.0942. The highest BCUT2D eigenvalue weighted by Crippen LogP contribution is 2.24. The molecule has 0 saturated heterocycles. The number of nitrogens with one attached hydrogen (secondary N) is 2. The number of hydrogen-bond acceptors (Lipinski definition) is 6. The summed E-state index contributed by atoms with van der Waals surface area (Å²) >= 11 is 5.22. The number of sulfonamides is 1. The molecule has 8 nitrogen and oxygen atoms in total. The molecule has 0 fully saturated rings. The highest BCUT2D eigenvalue weighted by molar-refractivity contribution is 7.90. The second-order valence-electron chi connectivity index (χ2n) is 5.33. The highest BCUT2D eigenvalue weighted by atomic mass is 35.5. The van der Waals surface area contributed by atoms with E-state index < -0.39 is 26.6 Å². The zero-order chi connectivity index (χ0) is 19.4. The van der Waals surface area contributed by atoms with Crippen LogP contribution < -0.4 is 20.4 Å². The molecule has 0 bridgehead atoms. The molecule has 0 spiro atoms. The number of fused-ring (bicyclic) bond motifs is 1. The summed E-state index contributed by atoms with van der Waals surface area (Å²) < 4.78 is 33.5. The number of hydrogen-bond donors (Lipinski definition) is 2. The molecular formula is C17H13ClN2O6S. The third-order valence-electron chi connectivity index (χ3n) is 3.43. The normalized spacial score (nSPS) is 11.3. The number of carbonyl (C=O) groups is 1. The molecule has 1 aromatic heterocycles. The minimum absolute atomic E-state index is 0.108. The average molecular weight is 409 g/mol. The van der Waals surface area contributed by atoms with Crippen molar-refractivity contribution in [2.75, 3.05) is 5.21 Å². The van der Waals surface area contributed by atoms with E-state index >= 15 is 0 Å². The molecule has 1 heterocycles. The fourth-order valence-electron chi connectivity index (χ4n) is 2.17. The summed E-state index contributed by atoms with van der Waals surface area (Å²) in [6.45, 7) is 0. The van der Waals surface area contributed by atoms with E-state index in [1.807, 2.05) is 11.5 Å². The Balaban J connectivity index is 1.91. The van der Waals surface area contributed by atoms with Gasteiger partial charge in [0.05, 0.1) is 5.39 Å². The van der Waals surface area contributed by atoms with E-state index in [0.29, 0.717) is 11.5 Å². The van der Waals surface area contributed by atoms with Crippen LogP contribution in [-0.2, 0) is 10.0 Å². The highest BCUT2D eigenvalue weighted by Gasteiger charge is 2.17. The molecule has 10 heteroatoms. The number of benzene rings is 2. The Hall–Kier alpha value is -2.88. The van der Waals surface area contributed by atoms with Gasteiger partial charge in [-0.25, -0.2) is 8.42 Å². The van der Waals surface area contributed by atoms with Crippen molar-refractivity contribution in [3.8, 4) is 11.5 Å². The monoisotopic (exact) mass is 408 g/mol. The van der Waals surface area contributed by atoms with Gasteiger partial charge in [-0.05, 0) is 30.3 Å². The Morgan fingerprint density at radius 3 is 2.56 bits per heavy atom. The van der Waals surface area contributed by atoms with Gasteiger partial charge < -0.3 is 9.15 Å². The Bertz CT molecular complexity index is 1150. The van der Waals surface area contributed by atoms with Gasteiger partial charge in [0.15, 0.2) is 0 Å². The van der Waals surface area contributed by atoms with Gasteiger partial charge in [0, 0.05) is 0 Å². The van der Waals surface area contributed by atoms with Gasteiger partial charge in [-0.3, -0.25) is 15.0 Å². The van der Waals surface area contributed by atoms with Crippen LogP contribution in [0.5, 0.6) is 11.5 Å². The zero-order valence-electron chi connectivity index (χ0n) is 13.6. The van der Waals surface area contributed by atoms with E-state index in [-0.39, 0.29) is 16.5 Å². The lowest BCUT2D eigenvalue weighted by Crippen LogP contribution is -2.43. The number of rotatable bonds is 6. The quantitative estimate of drug-likeness (QED) is 0.478. The fourth-order valence-corrected chi connectivity index (χ4v) is 2.64. The summed E-state index contributed by atoms with van der Waals surface area (Å²) in [4.78, 5) is 26.4. The van der Waals surface area contributed by atoms with Crippen molar-refractivity contribution in [2.24, 2.45) is 0 Å². The molecule has 140 valence electrons. The molecule has 0 aliphatic carbocycles. The van der Waals surface area contributed by atoms with Crippen molar-refractivity contribution in [1.82, 2.24) is 10.3 Å². The van der Waals surface area contributed by atoms with Crippen molar-refractivity contribution in [3.63, 3.8) is 0 Å². The summed E-state index contributed by atoms with van der Waals surface area (Å²) in [5.74, 6) is -0.0271. The second-order valence-corrected chi connectivity index (χ2v) is 7.64. The minimum atomic E-state index is -3.89. The van der Waals surface area contributed by atoms with E-state index in [0.717, 1.165) is 6.26 Å². The number of ether oxygens (including phenoxy) is 1. The Kier molecular flexibility index (Phi) is 5.45. The van der Waals surface area contributed by atoms with Crippen LogP contribution in [0, 0.1) is 0 Å². The molecule has 2 N–H and O–H groups in total. The second kappa shape index (κ2) is 7.78. The standard InChI is InChI=1S/C17H13ClN2O6S/c18-10-27(23,24)20-19-17(22)14-9-25-15-7-6-12(8-13(15)16(14)21)26-11-4-2-1-3-5-11/h1-9,20H,10H2,(H,19,22). The summed E-state index contributed by atoms with van der Waals surface area (Å²) in [5.41, 5.74) is 1.13. The molecule has 0 aliphatic heterocycles. The van der Waals surface area contributed by atoms with Crippen LogP contribution in [0.4, 0.5) is 0 Å². The molecule has 1 amide bonds. The van der Waals surface area contributed by atoms with Crippen LogP contribution in [0.3, 0.4) is 0 Å². The number of halogens is 1. The zero-order valence-corrected chi connectivity index (χ0v) is 15.2. The van der Waals surface area contributed by atoms with Crippen molar-refractivity contribution in [2.45, 2.75) is 0 Å². The number of hydrazine groups is 1. The van der Waals surface area contributed by atoms with Crippen LogP contribution in [-0.4, -0.2) is 19.5 Å². The molecule has 0 aliphatic rings. The molecule has 0 radical (unpaired) electrons. The third kappa shape index (κ3) is 4.45. The summed E-state index contributed by atoms with van der Waals surface area (Å²) in [6.07, 6.45) is 0.951. The van der Waals surface area contributed by atoms with Crippen molar-refractivity contribution < 1.29 is 22.4 Å². The lowest BCUT2D eigenvalue weighted by Gasteiger charge is -2.08. The maximum absolute atomic E-state index is 12.6. The molecule has 27 heavy (non-hydrogen) atoms. The van der Waals surface area contributed by atoms with Crippen LogP contribution in [0.15, 0.2) is 64.0 Å². The molecule has 0 unspecified atom stereocenters. The first-order valence-corrected chi connectivity index (χ1v) is 9.72. The van der Waals surface area contributed by atoms with Crippen molar-refractivity contribution >= 4 is 38.5 Å². The van der Waals surface area contributed by atoms with Gasteiger partial charge in [-0.15, -0.1) is 16.4 Å². The average Bonchev–Trinajstić information content (AvgIpc) is 2.68. The lowest BCUT2D eigenvalue weighted by atomic mass is 10.1. The molecule has 2 aromatic carbocycles. The van der Waals surface area contributed by atoms with Crippen LogP contribution in [0.2, 0.25) is 0 Å². The minimum Gasteiger partial charge on any atom is -0.463 e. The molecular weight excluding hydrogens is 396 g/mol. The van der Waals surface area contributed by atoms with E-state index in [1.54, 1.807) is 35.2 Å². The van der Waals surface area contributed by atoms with Crippen molar-refractivity contribution in [3.05, 3.63) is 70.6 Å². The predicted octanol–water partition coefficient (Wildman–Crippen LogP) is 2.35. The van der Waals surface area contributed by atoms with Gasteiger partial charge in [-0.2, -0.15) is 0 Å². The van der Waals surface area contributed by atoms with Crippen molar-refractivity contribution in [1.29, 1.82) is 0 Å². The SMILES string of the molecule is O=C(NNS(=O)(=O)CCl)c1coc2ccc(Oc3ccccc3)cc2c1=O. The van der Waals surface area contributed by atoms with Crippen LogP contribution in [0.1, 0.15) is 10.4 Å². The van der Waals surface area contributed by atoms with Crippen LogP contribution >= 0.6 is 11.6 Å². The number of alkyl halides is 1. The fraction of sp³-hybridized carbons (Fsp3) is 0.0588. The first-order valence-electron chi connectivity index (χ1n) is 7.54. The van der Waals surface area contributed by atoms with E-state index in [4.69, 9.17) is 20.8 Å². The molecule has 0 atom stereocenters. The number of amides is 1. The first-order chi connectivity index (χ1) is 12.9. The first kappa shape index (κ1) is 18.9. The number of para-hydroxylation sites is 1. The maximum atomic E-state index is 12.6. The van der Waals surface area contributed by atoms with Gasteiger partial charge in [-0.1, -0.05) is 18.2 Å². The largest absolute Gasteiger partial charge is 0.463 e. The smallest absolute Gasteiger partial charge is 0.273 e. The third-order valence-corrected chi connectivity index (χ3v) is 4.99.